The van der Waals surface area contributed by atoms with E-state index in [1.165, 1.54) is 5.56 Å². The van der Waals surface area contributed by atoms with Crippen LogP contribution in [0.25, 0.3) is 0 Å². The van der Waals surface area contributed by atoms with Crippen molar-refractivity contribution in [2.75, 3.05) is 13.2 Å². The molecular weight excluding hydrogens is 312 g/mol. The van der Waals surface area contributed by atoms with Crippen molar-refractivity contribution in [2.45, 2.75) is 39.8 Å². The summed E-state index contributed by atoms with van der Waals surface area (Å²) < 4.78 is 5.50. The van der Waals surface area contributed by atoms with Crippen molar-refractivity contribution in [3.8, 4) is 5.88 Å². The van der Waals surface area contributed by atoms with Gasteiger partial charge >= 0.3 is 0 Å². The van der Waals surface area contributed by atoms with Crippen molar-refractivity contribution in [2.24, 2.45) is 4.99 Å². The predicted molar refractivity (Wildman–Crippen MR) is 103 cm³/mol. The Kier molecular flexibility index (Phi) is 7.76. The lowest BCUT2D eigenvalue weighted by molar-refractivity contribution is 0.305. The fourth-order valence-corrected chi connectivity index (χ4v) is 2.32. The van der Waals surface area contributed by atoms with E-state index in [1.54, 1.807) is 0 Å². The topological polar surface area (TPSA) is 58.5 Å². The third-order valence-corrected chi connectivity index (χ3v) is 3.67. The Morgan fingerprint density at radius 1 is 1.16 bits per heavy atom. The van der Waals surface area contributed by atoms with E-state index >= 15 is 0 Å². The normalized spacial score (nSPS) is 12.5. The number of ether oxygens (including phenoxy) is 1. The molecule has 2 aromatic rings. The zero-order valence-electron chi connectivity index (χ0n) is 15.3. The molecule has 134 valence electrons. The average molecular weight is 340 g/mol. The highest BCUT2D eigenvalue weighted by molar-refractivity contribution is 5.80. The molecule has 0 aliphatic rings. The number of hydrogen-bond acceptors (Lipinski definition) is 3. The van der Waals surface area contributed by atoms with Gasteiger partial charge in [0.15, 0.2) is 5.96 Å². The maximum Gasteiger partial charge on any atom is 0.213 e. The Hall–Kier alpha value is -2.56. The van der Waals surface area contributed by atoms with Crippen molar-refractivity contribution < 1.29 is 4.74 Å². The van der Waals surface area contributed by atoms with E-state index in [4.69, 9.17) is 4.74 Å². The molecule has 1 aromatic carbocycles. The molecule has 0 amide bonds. The summed E-state index contributed by atoms with van der Waals surface area (Å²) in [6.07, 6.45) is 2.80. The van der Waals surface area contributed by atoms with Gasteiger partial charge in [0, 0.05) is 18.8 Å². The fourth-order valence-electron chi connectivity index (χ4n) is 2.32. The molecule has 1 heterocycles. The van der Waals surface area contributed by atoms with Gasteiger partial charge < -0.3 is 15.4 Å². The first-order valence-corrected chi connectivity index (χ1v) is 8.90. The third-order valence-electron chi connectivity index (χ3n) is 3.67. The van der Waals surface area contributed by atoms with Crippen molar-refractivity contribution in [3.63, 3.8) is 0 Å². The van der Waals surface area contributed by atoms with E-state index < -0.39 is 0 Å². The molecule has 0 bridgehead atoms. The molecule has 0 aliphatic heterocycles. The minimum atomic E-state index is 0.182. The summed E-state index contributed by atoms with van der Waals surface area (Å²) in [6.45, 7) is 8.34. The standard InChI is InChI=1S/C20H28N4O/c1-4-13-25-19-12-11-17(14-22-19)15-23-20(21-5-2)24-16(3)18-9-7-6-8-10-18/h6-12,14,16H,4-5,13,15H2,1-3H3,(H2,21,23,24). The van der Waals surface area contributed by atoms with Crippen LogP contribution in [0.5, 0.6) is 5.88 Å². The second-order valence-electron chi connectivity index (χ2n) is 5.83. The van der Waals surface area contributed by atoms with Gasteiger partial charge in [0.05, 0.1) is 19.2 Å². The molecule has 0 saturated heterocycles. The molecule has 1 unspecified atom stereocenters. The fraction of sp³-hybridized carbons (Fsp3) is 0.400. The molecule has 2 rings (SSSR count). The van der Waals surface area contributed by atoms with Gasteiger partial charge in [-0.15, -0.1) is 0 Å². The molecule has 0 aliphatic carbocycles. The van der Waals surface area contributed by atoms with Crippen LogP contribution in [0.4, 0.5) is 0 Å². The second-order valence-corrected chi connectivity index (χ2v) is 5.83. The maximum atomic E-state index is 5.50. The largest absolute Gasteiger partial charge is 0.478 e. The Bertz CT molecular complexity index is 641. The highest BCUT2D eigenvalue weighted by Crippen LogP contribution is 2.11. The zero-order valence-corrected chi connectivity index (χ0v) is 15.3. The summed E-state index contributed by atoms with van der Waals surface area (Å²) in [5.41, 5.74) is 2.28. The van der Waals surface area contributed by atoms with Crippen molar-refractivity contribution in [1.82, 2.24) is 15.6 Å². The first kappa shape index (κ1) is 18.8. The number of nitrogens with zero attached hydrogens (tertiary/aromatic N) is 2. The second kappa shape index (κ2) is 10.3. The van der Waals surface area contributed by atoms with Crippen molar-refractivity contribution in [1.29, 1.82) is 0 Å². The molecule has 5 heteroatoms. The monoisotopic (exact) mass is 340 g/mol. The molecular formula is C20H28N4O. The van der Waals surface area contributed by atoms with Crippen LogP contribution in [-0.4, -0.2) is 24.1 Å². The van der Waals surface area contributed by atoms with Crippen LogP contribution in [0.15, 0.2) is 53.7 Å². The van der Waals surface area contributed by atoms with E-state index in [2.05, 4.69) is 53.5 Å². The van der Waals surface area contributed by atoms with Gasteiger partial charge in [0.2, 0.25) is 5.88 Å². The van der Waals surface area contributed by atoms with Gasteiger partial charge in [0.1, 0.15) is 0 Å². The molecule has 2 N–H and O–H groups in total. The lowest BCUT2D eigenvalue weighted by Crippen LogP contribution is -2.38. The van der Waals surface area contributed by atoms with E-state index in [9.17, 15) is 0 Å². The molecule has 0 fully saturated rings. The number of benzene rings is 1. The SMILES string of the molecule is CCCOc1ccc(CN=C(NCC)NC(C)c2ccccc2)cn1. The van der Waals surface area contributed by atoms with E-state index in [0.717, 1.165) is 24.5 Å². The van der Waals surface area contributed by atoms with Gasteiger partial charge in [-0.1, -0.05) is 43.3 Å². The maximum absolute atomic E-state index is 5.50. The first-order chi connectivity index (χ1) is 12.2. The Morgan fingerprint density at radius 2 is 1.96 bits per heavy atom. The molecule has 0 spiro atoms. The Labute approximate surface area is 150 Å². The quantitative estimate of drug-likeness (QED) is 0.568. The molecule has 5 nitrogen and oxygen atoms in total. The summed E-state index contributed by atoms with van der Waals surface area (Å²) in [4.78, 5) is 8.97. The molecule has 25 heavy (non-hydrogen) atoms. The average Bonchev–Trinajstić information content (AvgIpc) is 2.66. The molecule has 1 atom stereocenters. The van der Waals surface area contributed by atoms with Gasteiger partial charge in [-0.25, -0.2) is 9.98 Å². The molecule has 1 aromatic heterocycles. The van der Waals surface area contributed by atoms with Crippen LogP contribution in [0, 0.1) is 0 Å². The number of guanidine groups is 1. The van der Waals surface area contributed by atoms with E-state index in [-0.39, 0.29) is 6.04 Å². The van der Waals surface area contributed by atoms with Gasteiger partial charge in [-0.2, -0.15) is 0 Å². The minimum absolute atomic E-state index is 0.182. The highest BCUT2D eigenvalue weighted by Gasteiger charge is 2.07. The summed E-state index contributed by atoms with van der Waals surface area (Å²) in [6, 6.07) is 14.4. The molecule has 0 saturated carbocycles. The van der Waals surface area contributed by atoms with Crippen LogP contribution in [0.1, 0.15) is 44.4 Å². The van der Waals surface area contributed by atoms with Crippen molar-refractivity contribution >= 4 is 5.96 Å². The van der Waals surface area contributed by atoms with Gasteiger partial charge in [-0.3, -0.25) is 0 Å². The van der Waals surface area contributed by atoms with E-state index in [1.807, 2.05) is 36.5 Å². The summed E-state index contributed by atoms with van der Waals surface area (Å²) >= 11 is 0. The zero-order chi connectivity index (χ0) is 17.9. The van der Waals surface area contributed by atoms with Gasteiger partial charge in [0.25, 0.3) is 0 Å². The van der Waals surface area contributed by atoms with Crippen LogP contribution in [0.3, 0.4) is 0 Å². The van der Waals surface area contributed by atoms with Crippen LogP contribution in [0.2, 0.25) is 0 Å². The Morgan fingerprint density at radius 3 is 2.60 bits per heavy atom. The summed E-state index contributed by atoms with van der Waals surface area (Å²) in [5.74, 6) is 1.46. The third kappa shape index (κ3) is 6.45. The number of pyridine rings is 1. The number of hydrogen-bond donors (Lipinski definition) is 2. The first-order valence-electron chi connectivity index (χ1n) is 8.90. The minimum Gasteiger partial charge on any atom is -0.478 e. The smallest absolute Gasteiger partial charge is 0.213 e. The Balaban J connectivity index is 1.96. The summed E-state index contributed by atoms with van der Waals surface area (Å²) in [7, 11) is 0. The highest BCUT2D eigenvalue weighted by atomic mass is 16.5. The summed E-state index contributed by atoms with van der Waals surface area (Å²) in [5, 5.41) is 6.72. The van der Waals surface area contributed by atoms with Crippen LogP contribution in [-0.2, 0) is 6.54 Å². The molecule has 0 radical (unpaired) electrons. The number of aliphatic imine (C=N–C) groups is 1. The van der Waals surface area contributed by atoms with E-state index in [0.29, 0.717) is 19.0 Å². The lowest BCUT2D eigenvalue weighted by Gasteiger charge is -2.18. The van der Waals surface area contributed by atoms with Crippen molar-refractivity contribution in [3.05, 3.63) is 59.8 Å². The lowest BCUT2D eigenvalue weighted by atomic mass is 10.1. The van der Waals surface area contributed by atoms with Crippen LogP contribution >= 0.6 is 0 Å². The predicted octanol–water partition coefficient (Wildman–Crippen LogP) is 3.69. The number of nitrogens with one attached hydrogen (secondary N) is 2. The van der Waals surface area contributed by atoms with Gasteiger partial charge in [-0.05, 0) is 31.4 Å². The number of aromatic nitrogens is 1. The number of rotatable bonds is 8. The van der Waals surface area contributed by atoms with Crippen LogP contribution < -0.4 is 15.4 Å².